The normalized spacial score (nSPS) is 20.0. The van der Waals surface area contributed by atoms with E-state index in [1.807, 2.05) is 49.9 Å². The van der Waals surface area contributed by atoms with E-state index in [-0.39, 0.29) is 12.0 Å². The highest BCUT2D eigenvalue weighted by Gasteiger charge is 2.32. The highest BCUT2D eigenvalue weighted by atomic mass is 16.3. The van der Waals surface area contributed by atoms with Gasteiger partial charge in [-0.25, -0.2) is 0 Å². The van der Waals surface area contributed by atoms with Crippen molar-refractivity contribution in [2.24, 2.45) is 0 Å². The summed E-state index contributed by atoms with van der Waals surface area (Å²) in [6.45, 7) is 7.24. The molecule has 4 heteroatoms. The number of benzene rings is 1. The number of aryl methyl sites for hydroxylation is 1. The summed E-state index contributed by atoms with van der Waals surface area (Å²) in [6.07, 6.45) is 2.06. The Labute approximate surface area is 127 Å². The summed E-state index contributed by atoms with van der Waals surface area (Å²) in [5, 5.41) is 13.0. The smallest absolute Gasteiger partial charge is 0.247 e. The van der Waals surface area contributed by atoms with Crippen LogP contribution in [0.4, 0.5) is 5.69 Å². The average molecular weight is 290 g/mol. The molecule has 1 atom stereocenters. The molecular formula is C17H26N2O2. The molecule has 0 bridgehead atoms. The van der Waals surface area contributed by atoms with Crippen LogP contribution < -0.4 is 5.32 Å². The SMILES string of the molecule is Cc1ccc(NC(C)(C)C(=O)N2CCCC(O)CC2)cc1. The van der Waals surface area contributed by atoms with Crippen molar-refractivity contribution in [3.05, 3.63) is 29.8 Å². The maximum Gasteiger partial charge on any atom is 0.247 e. The summed E-state index contributed by atoms with van der Waals surface area (Å²) >= 11 is 0. The summed E-state index contributed by atoms with van der Waals surface area (Å²) in [5.41, 5.74) is 1.50. The van der Waals surface area contributed by atoms with Crippen LogP contribution in [0.5, 0.6) is 0 Å². The van der Waals surface area contributed by atoms with E-state index in [1.165, 1.54) is 5.56 Å². The Balaban J connectivity index is 2.03. The minimum absolute atomic E-state index is 0.0946. The molecule has 21 heavy (non-hydrogen) atoms. The first-order valence-electron chi connectivity index (χ1n) is 7.71. The van der Waals surface area contributed by atoms with Crippen molar-refractivity contribution in [3.8, 4) is 0 Å². The van der Waals surface area contributed by atoms with E-state index in [9.17, 15) is 9.90 Å². The molecule has 1 heterocycles. The zero-order valence-corrected chi connectivity index (χ0v) is 13.2. The number of nitrogens with one attached hydrogen (secondary N) is 1. The van der Waals surface area contributed by atoms with Gasteiger partial charge in [0.25, 0.3) is 0 Å². The van der Waals surface area contributed by atoms with Crippen molar-refractivity contribution >= 4 is 11.6 Å². The number of hydrogen-bond acceptors (Lipinski definition) is 3. The van der Waals surface area contributed by atoms with Crippen molar-refractivity contribution in [1.29, 1.82) is 0 Å². The maximum absolute atomic E-state index is 12.7. The van der Waals surface area contributed by atoms with Crippen molar-refractivity contribution < 1.29 is 9.90 Å². The lowest BCUT2D eigenvalue weighted by Crippen LogP contribution is -2.50. The summed E-state index contributed by atoms with van der Waals surface area (Å²) in [4.78, 5) is 14.6. The summed E-state index contributed by atoms with van der Waals surface area (Å²) < 4.78 is 0. The largest absolute Gasteiger partial charge is 0.393 e. The van der Waals surface area contributed by atoms with Gasteiger partial charge in [0.2, 0.25) is 5.91 Å². The molecule has 1 aromatic rings. The number of hydrogen-bond donors (Lipinski definition) is 2. The fourth-order valence-corrected chi connectivity index (χ4v) is 2.73. The summed E-state index contributed by atoms with van der Waals surface area (Å²) in [6, 6.07) is 8.06. The van der Waals surface area contributed by atoms with Crippen molar-refractivity contribution in [3.63, 3.8) is 0 Å². The number of aliphatic hydroxyl groups is 1. The molecule has 1 fully saturated rings. The molecule has 4 nitrogen and oxygen atoms in total. The van der Waals surface area contributed by atoms with Crippen LogP contribution in [0, 0.1) is 6.92 Å². The number of carbonyl (C=O) groups excluding carboxylic acids is 1. The Morgan fingerprint density at radius 1 is 1.24 bits per heavy atom. The molecular weight excluding hydrogens is 264 g/mol. The number of anilines is 1. The number of aliphatic hydroxyl groups excluding tert-OH is 1. The van der Waals surface area contributed by atoms with E-state index in [1.54, 1.807) is 0 Å². The van der Waals surface area contributed by atoms with Gasteiger partial charge in [0.15, 0.2) is 0 Å². The Morgan fingerprint density at radius 2 is 1.90 bits per heavy atom. The second-order valence-corrected chi connectivity index (χ2v) is 6.49. The number of nitrogens with zero attached hydrogens (tertiary/aromatic N) is 1. The van der Waals surface area contributed by atoms with E-state index < -0.39 is 5.54 Å². The molecule has 1 aliphatic heterocycles. The number of amides is 1. The van der Waals surface area contributed by atoms with Gasteiger partial charge in [0.05, 0.1) is 6.10 Å². The first-order chi connectivity index (χ1) is 9.88. The standard InChI is InChI=1S/C17H26N2O2/c1-13-6-8-14(9-7-13)18-17(2,3)16(21)19-11-4-5-15(20)10-12-19/h6-9,15,18,20H,4-5,10-12H2,1-3H3. The molecule has 1 aromatic carbocycles. The third-order valence-corrected chi connectivity index (χ3v) is 4.03. The van der Waals surface area contributed by atoms with Crippen LogP contribution in [-0.2, 0) is 4.79 Å². The fourth-order valence-electron chi connectivity index (χ4n) is 2.73. The van der Waals surface area contributed by atoms with E-state index in [4.69, 9.17) is 0 Å². The Bertz CT molecular complexity index is 482. The quantitative estimate of drug-likeness (QED) is 0.899. The van der Waals surface area contributed by atoms with Gasteiger partial charge in [0.1, 0.15) is 5.54 Å². The third kappa shape index (κ3) is 4.21. The first-order valence-corrected chi connectivity index (χ1v) is 7.71. The van der Waals surface area contributed by atoms with Crippen molar-refractivity contribution in [2.45, 2.75) is 51.7 Å². The molecule has 0 aromatic heterocycles. The van der Waals surface area contributed by atoms with Gasteiger partial charge in [-0.05, 0) is 52.2 Å². The van der Waals surface area contributed by atoms with Gasteiger partial charge < -0.3 is 15.3 Å². The molecule has 1 unspecified atom stereocenters. The average Bonchev–Trinajstić information content (AvgIpc) is 2.65. The second-order valence-electron chi connectivity index (χ2n) is 6.49. The molecule has 0 saturated carbocycles. The number of carbonyl (C=O) groups is 1. The molecule has 116 valence electrons. The van der Waals surface area contributed by atoms with Crippen LogP contribution in [0.2, 0.25) is 0 Å². The second kappa shape index (κ2) is 6.48. The van der Waals surface area contributed by atoms with Crippen LogP contribution in [0.1, 0.15) is 38.7 Å². The van der Waals surface area contributed by atoms with Gasteiger partial charge in [-0.3, -0.25) is 4.79 Å². The Kier molecular flexibility index (Phi) is 4.88. The summed E-state index contributed by atoms with van der Waals surface area (Å²) in [5.74, 6) is 0.0946. The highest BCUT2D eigenvalue weighted by Crippen LogP contribution is 2.20. The third-order valence-electron chi connectivity index (χ3n) is 4.03. The fraction of sp³-hybridized carbons (Fsp3) is 0.588. The molecule has 1 saturated heterocycles. The van der Waals surface area contributed by atoms with Crippen LogP contribution in [0.3, 0.4) is 0 Å². The van der Waals surface area contributed by atoms with Crippen molar-refractivity contribution in [2.75, 3.05) is 18.4 Å². The van der Waals surface area contributed by atoms with Gasteiger partial charge in [-0.2, -0.15) is 0 Å². The van der Waals surface area contributed by atoms with E-state index in [2.05, 4.69) is 5.32 Å². The van der Waals surface area contributed by atoms with Crippen LogP contribution in [-0.4, -0.2) is 40.6 Å². The van der Waals surface area contributed by atoms with Crippen LogP contribution in [0.25, 0.3) is 0 Å². The van der Waals surface area contributed by atoms with E-state index >= 15 is 0 Å². The lowest BCUT2D eigenvalue weighted by Gasteiger charge is -2.32. The minimum Gasteiger partial charge on any atom is -0.393 e. The van der Waals surface area contributed by atoms with Crippen LogP contribution >= 0.6 is 0 Å². The van der Waals surface area contributed by atoms with Gasteiger partial charge in [-0.1, -0.05) is 17.7 Å². The molecule has 0 radical (unpaired) electrons. The molecule has 2 rings (SSSR count). The van der Waals surface area contributed by atoms with Crippen molar-refractivity contribution in [1.82, 2.24) is 4.90 Å². The van der Waals surface area contributed by atoms with E-state index in [0.29, 0.717) is 13.0 Å². The number of rotatable bonds is 3. The highest BCUT2D eigenvalue weighted by molar-refractivity contribution is 5.88. The zero-order chi connectivity index (χ0) is 15.5. The molecule has 1 aliphatic rings. The molecule has 1 amide bonds. The maximum atomic E-state index is 12.7. The topological polar surface area (TPSA) is 52.6 Å². The van der Waals surface area contributed by atoms with Gasteiger partial charge in [0, 0.05) is 18.8 Å². The Morgan fingerprint density at radius 3 is 2.57 bits per heavy atom. The van der Waals surface area contributed by atoms with E-state index in [0.717, 1.165) is 25.1 Å². The van der Waals surface area contributed by atoms with Crippen LogP contribution in [0.15, 0.2) is 24.3 Å². The summed E-state index contributed by atoms with van der Waals surface area (Å²) in [7, 11) is 0. The van der Waals surface area contributed by atoms with Gasteiger partial charge >= 0.3 is 0 Å². The zero-order valence-electron chi connectivity index (χ0n) is 13.2. The number of likely N-dealkylation sites (tertiary alicyclic amines) is 1. The lowest BCUT2D eigenvalue weighted by atomic mass is 10.0. The van der Waals surface area contributed by atoms with Gasteiger partial charge in [-0.15, -0.1) is 0 Å². The Hall–Kier alpha value is -1.55. The molecule has 0 aliphatic carbocycles. The first kappa shape index (κ1) is 15.8. The molecule has 2 N–H and O–H groups in total. The predicted molar refractivity (Wildman–Crippen MR) is 85.3 cm³/mol. The molecule has 0 spiro atoms. The minimum atomic E-state index is -0.648. The predicted octanol–water partition coefficient (Wildman–Crippen LogP) is 2.56. The lowest BCUT2D eigenvalue weighted by molar-refractivity contribution is -0.135. The monoisotopic (exact) mass is 290 g/mol.